The number of ether oxygens (including phenoxy) is 3. The first kappa shape index (κ1) is 35.3. The molecule has 0 saturated carbocycles. The molecule has 0 aliphatic carbocycles. The number of methoxy groups -OCH3 is 1. The maximum Gasteiger partial charge on any atom is 0.407 e. The van der Waals surface area contributed by atoms with E-state index in [1.54, 1.807) is 7.11 Å². The Balaban J connectivity index is 1.12. The van der Waals surface area contributed by atoms with Crippen molar-refractivity contribution in [3.05, 3.63) is 83.9 Å². The Morgan fingerprint density at radius 2 is 1.60 bits per heavy atom. The molecular formula is C37H50N4O6. The highest BCUT2D eigenvalue weighted by molar-refractivity contribution is 5.74. The molecule has 0 aromatic heterocycles. The molecule has 3 aromatic carbocycles. The summed E-state index contributed by atoms with van der Waals surface area (Å²) in [4.78, 5) is 27.8. The summed E-state index contributed by atoms with van der Waals surface area (Å²) >= 11 is 0. The molecule has 0 unspecified atom stereocenters. The predicted octanol–water partition coefficient (Wildman–Crippen LogP) is 6.69. The smallest absolute Gasteiger partial charge is 0.407 e. The number of carbonyl (C=O) groups is 2. The molecule has 4 rings (SSSR count). The Hall–Kier alpha value is -4.60. The number of rotatable bonds is 15. The van der Waals surface area contributed by atoms with E-state index in [1.807, 2.05) is 98.5 Å². The summed E-state index contributed by atoms with van der Waals surface area (Å²) in [7, 11) is 1.64. The van der Waals surface area contributed by atoms with Gasteiger partial charge in [0.25, 0.3) is 0 Å². The number of para-hydroxylation sites is 1. The first-order chi connectivity index (χ1) is 22.6. The average Bonchev–Trinajstić information content (AvgIpc) is 3.06. The third-order valence-electron chi connectivity index (χ3n) is 8.27. The first-order valence-corrected chi connectivity index (χ1v) is 16.5. The van der Waals surface area contributed by atoms with Gasteiger partial charge in [0, 0.05) is 55.9 Å². The lowest BCUT2D eigenvalue weighted by molar-refractivity contribution is 0.101. The molecule has 0 atom stereocenters. The molecule has 3 amide bonds. The van der Waals surface area contributed by atoms with Crippen LogP contribution in [0.4, 0.5) is 15.3 Å². The van der Waals surface area contributed by atoms with Gasteiger partial charge in [-0.05, 0) is 87.9 Å². The van der Waals surface area contributed by atoms with Crippen molar-refractivity contribution in [3.8, 4) is 17.2 Å². The van der Waals surface area contributed by atoms with Crippen LogP contribution in [0.15, 0.2) is 72.8 Å². The fraction of sp³-hybridized carbons (Fsp3) is 0.459. The van der Waals surface area contributed by atoms with Crippen LogP contribution >= 0.6 is 0 Å². The third kappa shape index (κ3) is 11.3. The summed E-state index contributed by atoms with van der Waals surface area (Å²) < 4.78 is 17.2. The molecule has 47 heavy (non-hydrogen) atoms. The van der Waals surface area contributed by atoms with Crippen molar-refractivity contribution in [2.24, 2.45) is 0 Å². The van der Waals surface area contributed by atoms with E-state index in [4.69, 9.17) is 14.2 Å². The van der Waals surface area contributed by atoms with E-state index in [2.05, 4.69) is 10.6 Å². The minimum atomic E-state index is -0.898. The Morgan fingerprint density at radius 3 is 2.23 bits per heavy atom. The molecule has 1 heterocycles. The van der Waals surface area contributed by atoms with Crippen LogP contribution in [0.3, 0.4) is 0 Å². The van der Waals surface area contributed by atoms with E-state index in [1.165, 1.54) is 4.90 Å². The van der Waals surface area contributed by atoms with Crippen molar-refractivity contribution in [1.29, 1.82) is 0 Å². The quantitative estimate of drug-likeness (QED) is 0.158. The van der Waals surface area contributed by atoms with Gasteiger partial charge in [0.2, 0.25) is 0 Å². The van der Waals surface area contributed by atoms with E-state index in [-0.39, 0.29) is 12.1 Å². The van der Waals surface area contributed by atoms with Crippen LogP contribution < -0.4 is 24.8 Å². The van der Waals surface area contributed by atoms with E-state index in [9.17, 15) is 14.7 Å². The predicted molar refractivity (Wildman–Crippen MR) is 185 cm³/mol. The number of hydrogen-bond donors (Lipinski definition) is 3. The zero-order chi connectivity index (χ0) is 33.6. The molecule has 254 valence electrons. The normalized spacial score (nSPS) is 13.5. The molecule has 1 aliphatic heterocycles. The van der Waals surface area contributed by atoms with Crippen LogP contribution in [0.5, 0.6) is 17.2 Å². The van der Waals surface area contributed by atoms with Crippen molar-refractivity contribution >= 4 is 17.8 Å². The number of carbonyl (C=O) groups excluding carboxylic acids is 1. The lowest BCUT2D eigenvalue weighted by atomic mass is 10.0. The van der Waals surface area contributed by atoms with Gasteiger partial charge in [0.15, 0.2) is 0 Å². The molecule has 1 aliphatic rings. The number of benzene rings is 3. The molecule has 0 radical (unpaired) electrons. The number of nitrogens with one attached hydrogen (secondary N) is 2. The van der Waals surface area contributed by atoms with Gasteiger partial charge in [-0.3, -0.25) is 0 Å². The molecular weight excluding hydrogens is 596 g/mol. The third-order valence-corrected chi connectivity index (χ3v) is 8.27. The fourth-order valence-corrected chi connectivity index (χ4v) is 5.58. The van der Waals surface area contributed by atoms with Crippen LogP contribution in [0, 0.1) is 0 Å². The van der Waals surface area contributed by atoms with E-state index in [0.717, 1.165) is 53.3 Å². The Kier molecular flexibility index (Phi) is 13.0. The SMILES string of the molecule is COc1cc(OCCCOc2ccccc2)ccc1CCNC(=O)N1CCC(Nc2ccc(CCN(C(=O)O)C(C)(C)C)cc2)CC1. The van der Waals surface area contributed by atoms with Gasteiger partial charge in [-0.25, -0.2) is 9.59 Å². The van der Waals surface area contributed by atoms with Crippen molar-refractivity contribution in [2.75, 3.05) is 51.8 Å². The number of hydrogen-bond acceptors (Lipinski definition) is 6. The number of nitrogens with zero attached hydrogens (tertiary/aromatic N) is 2. The summed E-state index contributed by atoms with van der Waals surface area (Å²) in [5.74, 6) is 2.33. The van der Waals surface area contributed by atoms with Gasteiger partial charge in [0.1, 0.15) is 17.2 Å². The second-order valence-corrected chi connectivity index (χ2v) is 12.8. The van der Waals surface area contributed by atoms with Crippen LogP contribution in [0.2, 0.25) is 0 Å². The number of amides is 3. The van der Waals surface area contributed by atoms with E-state index >= 15 is 0 Å². The van der Waals surface area contributed by atoms with Gasteiger partial charge in [-0.1, -0.05) is 36.4 Å². The molecule has 10 heteroatoms. The summed E-state index contributed by atoms with van der Waals surface area (Å²) in [6.07, 6.45) is 2.91. The van der Waals surface area contributed by atoms with Crippen LogP contribution in [0.25, 0.3) is 0 Å². The number of likely N-dealkylation sites (tertiary alicyclic amines) is 1. The van der Waals surface area contributed by atoms with E-state index < -0.39 is 11.6 Å². The highest BCUT2D eigenvalue weighted by atomic mass is 16.5. The number of piperidine rings is 1. The first-order valence-electron chi connectivity index (χ1n) is 16.5. The monoisotopic (exact) mass is 646 g/mol. The van der Waals surface area contributed by atoms with E-state index in [0.29, 0.717) is 52.2 Å². The molecule has 1 saturated heterocycles. The summed E-state index contributed by atoms with van der Waals surface area (Å²) in [6.45, 7) is 9.17. The summed E-state index contributed by atoms with van der Waals surface area (Å²) in [6, 6.07) is 24.0. The largest absolute Gasteiger partial charge is 0.496 e. The van der Waals surface area contributed by atoms with Crippen LogP contribution in [-0.4, -0.2) is 85.1 Å². The van der Waals surface area contributed by atoms with Crippen LogP contribution in [-0.2, 0) is 12.8 Å². The molecule has 3 N–H and O–H groups in total. The zero-order valence-electron chi connectivity index (χ0n) is 28.2. The molecule has 1 fully saturated rings. The van der Waals surface area contributed by atoms with Gasteiger partial charge in [-0.15, -0.1) is 0 Å². The van der Waals surface area contributed by atoms with Crippen molar-refractivity contribution in [2.45, 2.75) is 64.5 Å². The lowest BCUT2D eigenvalue weighted by Gasteiger charge is -2.33. The van der Waals surface area contributed by atoms with Crippen molar-refractivity contribution in [3.63, 3.8) is 0 Å². The number of carboxylic acid groups (broad SMARTS) is 1. The van der Waals surface area contributed by atoms with Gasteiger partial charge < -0.3 is 39.8 Å². The molecule has 0 bridgehead atoms. The van der Waals surface area contributed by atoms with Crippen LogP contribution in [0.1, 0.15) is 51.2 Å². The number of urea groups is 1. The van der Waals surface area contributed by atoms with Gasteiger partial charge in [0.05, 0.1) is 20.3 Å². The molecule has 0 spiro atoms. The standard InChI is InChI=1S/C37H50N4O6/c1-37(2,3)41(36(43)44)24-18-28-11-14-30(15-12-28)39-31-19-22-40(23-20-31)35(42)38-21-17-29-13-16-33(27-34(29)45-4)47-26-8-25-46-32-9-6-5-7-10-32/h5-7,9-16,27,31,39H,8,17-26H2,1-4H3,(H,38,42)(H,43,44). The Morgan fingerprint density at radius 1 is 0.915 bits per heavy atom. The summed E-state index contributed by atoms with van der Waals surface area (Å²) in [5, 5.41) is 16.2. The second kappa shape index (κ2) is 17.4. The maximum atomic E-state index is 12.9. The molecule has 10 nitrogen and oxygen atoms in total. The lowest BCUT2D eigenvalue weighted by Crippen LogP contribution is -2.47. The fourth-order valence-electron chi connectivity index (χ4n) is 5.58. The number of anilines is 1. The minimum absolute atomic E-state index is 0.0462. The highest BCUT2D eigenvalue weighted by Crippen LogP contribution is 2.25. The Labute approximate surface area is 279 Å². The maximum absolute atomic E-state index is 12.9. The van der Waals surface area contributed by atoms with Gasteiger partial charge in [-0.2, -0.15) is 0 Å². The van der Waals surface area contributed by atoms with Crippen molar-refractivity contribution < 1.29 is 28.9 Å². The summed E-state index contributed by atoms with van der Waals surface area (Å²) in [5.41, 5.74) is 2.70. The van der Waals surface area contributed by atoms with Crippen molar-refractivity contribution in [1.82, 2.24) is 15.1 Å². The second-order valence-electron chi connectivity index (χ2n) is 12.8. The average molecular weight is 647 g/mol. The van der Waals surface area contributed by atoms with Gasteiger partial charge >= 0.3 is 12.1 Å². The highest BCUT2D eigenvalue weighted by Gasteiger charge is 2.26. The zero-order valence-corrected chi connectivity index (χ0v) is 28.2. The molecule has 3 aromatic rings. The minimum Gasteiger partial charge on any atom is -0.496 e. The Bertz CT molecular complexity index is 1400. The topological polar surface area (TPSA) is 113 Å².